The van der Waals surface area contributed by atoms with Gasteiger partial charge in [0.2, 0.25) is 5.88 Å². The van der Waals surface area contributed by atoms with Crippen LogP contribution in [-0.4, -0.2) is 74.7 Å². The number of fused-ring (bicyclic) bond motifs is 1. The van der Waals surface area contributed by atoms with Crippen LogP contribution in [0.25, 0.3) is 11.1 Å². The SMILES string of the molecule is C[C@@H]1CN([C@H](C)CO)C(=O)c2cc(-c3cncnc3)cnc2O[C@@H]1CN(C)Cc1ccc(F)cc1. The van der Waals surface area contributed by atoms with Crippen molar-refractivity contribution in [3.63, 3.8) is 0 Å². The number of ether oxygens (including phenoxy) is 1. The summed E-state index contributed by atoms with van der Waals surface area (Å²) in [4.78, 5) is 29.9. The molecule has 1 aliphatic heterocycles. The average Bonchev–Trinajstić information content (AvgIpc) is 2.87. The highest BCUT2D eigenvalue weighted by Gasteiger charge is 2.34. The number of aliphatic hydroxyl groups is 1. The first-order chi connectivity index (χ1) is 16.9. The van der Waals surface area contributed by atoms with E-state index in [0.29, 0.717) is 30.8 Å². The molecule has 0 radical (unpaired) electrons. The fraction of sp³-hybridized carbons (Fsp3) is 0.385. The molecule has 2 aromatic heterocycles. The molecule has 1 amide bonds. The molecule has 9 heteroatoms. The maximum atomic E-state index is 13.5. The lowest BCUT2D eigenvalue weighted by atomic mass is 9.99. The molecule has 0 spiro atoms. The van der Waals surface area contributed by atoms with Gasteiger partial charge in [0.15, 0.2) is 0 Å². The lowest BCUT2D eigenvalue weighted by Gasteiger charge is -2.37. The number of carbonyl (C=O) groups excluding carboxylic acids is 1. The zero-order chi connectivity index (χ0) is 24.9. The normalized spacial score (nSPS) is 19.0. The Labute approximate surface area is 204 Å². The van der Waals surface area contributed by atoms with Crippen LogP contribution in [0.5, 0.6) is 5.88 Å². The van der Waals surface area contributed by atoms with Gasteiger partial charge >= 0.3 is 0 Å². The van der Waals surface area contributed by atoms with Gasteiger partial charge < -0.3 is 14.7 Å². The molecule has 0 saturated carbocycles. The van der Waals surface area contributed by atoms with E-state index in [1.54, 1.807) is 41.7 Å². The van der Waals surface area contributed by atoms with Crippen LogP contribution in [0, 0.1) is 11.7 Å². The number of nitrogens with zero attached hydrogens (tertiary/aromatic N) is 5. The fourth-order valence-corrected chi connectivity index (χ4v) is 4.20. The quantitative estimate of drug-likeness (QED) is 0.557. The smallest absolute Gasteiger partial charge is 0.259 e. The van der Waals surface area contributed by atoms with Crippen LogP contribution in [0.15, 0.2) is 55.2 Å². The second kappa shape index (κ2) is 10.9. The lowest BCUT2D eigenvalue weighted by Crippen LogP contribution is -2.49. The lowest BCUT2D eigenvalue weighted by molar-refractivity contribution is 0.0325. The molecule has 184 valence electrons. The zero-order valence-corrected chi connectivity index (χ0v) is 20.1. The molecule has 1 aromatic carbocycles. The van der Waals surface area contributed by atoms with Crippen molar-refractivity contribution >= 4 is 5.91 Å². The minimum absolute atomic E-state index is 0.0271. The first-order valence-electron chi connectivity index (χ1n) is 11.6. The molecular weight excluding hydrogens is 449 g/mol. The topological polar surface area (TPSA) is 91.7 Å². The van der Waals surface area contributed by atoms with Gasteiger partial charge in [-0.25, -0.2) is 19.3 Å². The van der Waals surface area contributed by atoms with Gasteiger partial charge in [0, 0.05) is 55.3 Å². The zero-order valence-electron chi connectivity index (χ0n) is 20.1. The van der Waals surface area contributed by atoms with Crippen molar-refractivity contribution in [1.82, 2.24) is 24.8 Å². The van der Waals surface area contributed by atoms with Crippen molar-refractivity contribution in [2.75, 3.05) is 26.7 Å². The molecule has 0 aliphatic carbocycles. The fourth-order valence-electron chi connectivity index (χ4n) is 4.20. The molecule has 3 atom stereocenters. The number of likely N-dealkylation sites (N-methyl/N-ethyl adjacent to an activating group) is 1. The number of hydrogen-bond acceptors (Lipinski definition) is 7. The molecule has 3 aromatic rings. The van der Waals surface area contributed by atoms with Crippen LogP contribution in [0.4, 0.5) is 4.39 Å². The summed E-state index contributed by atoms with van der Waals surface area (Å²) >= 11 is 0. The van der Waals surface area contributed by atoms with Crippen molar-refractivity contribution in [2.24, 2.45) is 5.92 Å². The summed E-state index contributed by atoms with van der Waals surface area (Å²) in [6.45, 7) is 5.32. The van der Waals surface area contributed by atoms with E-state index < -0.39 is 0 Å². The van der Waals surface area contributed by atoms with Crippen LogP contribution in [0.1, 0.15) is 29.8 Å². The van der Waals surface area contributed by atoms with Gasteiger partial charge in [-0.15, -0.1) is 0 Å². The molecule has 0 unspecified atom stereocenters. The minimum atomic E-state index is -0.364. The van der Waals surface area contributed by atoms with E-state index in [4.69, 9.17) is 4.74 Å². The van der Waals surface area contributed by atoms with Crippen molar-refractivity contribution in [2.45, 2.75) is 32.5 Å². The molecule has 8 nitrogen and oxygen atoms in total. The number of hydrogen-bond donors (Lipinski definition) is 1. The summed E-state index contributed by atoms with van der Waals surface area (Å²) in [5.74, 6) is -0.267. The number of amides is 1. The van der Waals surface area contributed by atoms with E-state index in [2.05, 4.69) is 19.9 Å². The van der Waals surface area contributed by atoms with Crippen LogP contribution < -0.4 is 4.74 Å². The first-order valence-corrected chi connectivity index (χ1v) is 11.6. The highest BCUT2D eigenvalue weighted by Crippen LogP contribution is 2.30. The predicted octanol–water partition coefficient (Wildman–Crippen LogP) is 3.03. The third-order valence-electron chi connectivity index (χ3n) is 6.27. The van der Waals surface area contributed by atoms with Crippen LogP contribution in [-0.2, 0) is 6.54 Å². The summed E-state index contributed by atoms with van der Waals surface area (Å²) in [6.07, 6.45) is 6.15. The van der Waals surface area contributed by atoms with Crippen molar-refractivity contribution in [3.05, 3.63) is 72.2 Å². The van der Waals surface area contributed by atoms with E-state index in [0.717, 1.165) is 11.1 Å². The van der Waals surface area contributed by atoms with Gasteiger partial charge in [0.05, 0.1) is 12.6 Å². The number of halogens is 1. The van der Waals surface area contributed by atoms with Crippen molar-refractivity contribution < 1.29 is 19.0 Å². The number of pyridine rings is 1. The number of aliphatic hydroxyl groups excluding tert-OH is 1. The van der Waals surface area contributed by atoms with Crippen LogP contribution in [0.3, 0.4) is 0 Å². The summed E-state index contributed by atoms with van der Waals surface area (Å²) in [5.41, 5.74) is 2.77. The third kappa shape index (κ3) is 5.80. The Morgan fingerprint density at radius 3 is 2.60 bits per heavy atom. The van der Waals surface area contributed by atoms with Gasteiger partial charge in [0.25, 0.3) is 5.91 Å². The summed E-state index contributed by atoms with van der Waals surface area (Å²) in [6, 6.07) is 7.82. The van der Waals surface area contributed by atoms with Gasteiger partial charge in [-0.05, 0) is 37.7 Å². The molecule has 0 fully saturated rings. The number of rotatable bonds is 7. The Kier molecular flexibility index (Phi) is 7.67. The Morgan fingerprint density at radius 1 is 1.20 bits per heavy atom. The Balaban J connectivity index is 1.63. The van der Waals surface area contributed by atoms with Crippen LogP contribution >= 0.6 is 0 Å². The number of aromatic nitrogens is 3. The van der Waals surface area contributed by atoms with E-state index >= 15 is 0 Å². The minimum Gasteiger partial charge on any atom is -0.472 e. The summed E-state index contributed by atoms with van der Waals surface area (Å²) in [7, 11) is 1.98. The molecule has 0 saturated heterocycles. The van der Waals surface area contributed by atoms with Crippen molar-refractivity contribution in [3.8, 4) is 17.0 Å². The molecule has 3 heterocycles. The predicted molar refractivity (Wildman–Crippen MR) is 129 cm³/mol. The molecule has 1 aliphatic rings. The summed E-state index contributed by atoms with van der Waals surface area (Å²) < 4.78 is 19.6. The Morgan fingerprint density at radius 2 is 1.91 bits per heavy atom. The third-order valence-corrected chi connectivity index (χ3v) is 6.27. The van der Waals surface area contributed by atoms with E-state index in [9.17, 15) is 14.3 Å². The highest BCUT2D eigenvalue weighted by atomic mass is 19.1. The van der Waals surface area contributed by atoms with Gasteiger partial charge in [-0.2, -0.15) is 0 Å². The molecule has 4 rings (SSSR count). The average molecular weight is 480 g/mol. The van der Waals surface area contributed by atoms with Crippen molar-refractivity contribution in [1.29, 1.82) is 0 Å². The standard InChI is InChI=1S/C26H30FN5O3/c1-17-12-32(18(2)15-33)26(34)23-8-20(21-9-28-16-29-10-21)11-30-25(23)35-24(17)14-31(3)13-19-4-6-22(27)7-5-19/h4-11,16-18,24,33H,12-15H2,1-3H3/t17-,18-,24-/m1/s1. The van der Waals surface area contributed by atoms with E-state index in [-0.39, 0.29) is 42.3 Å². The Hall–Kier alpha value is -3.43. The molecule has 35 heavy (non-hydrogen) atoms. The second-order valence-electron chi connectivity index (χ2n) is 9.15. The van der Waals surface area contributed by atoms with E-state index in [1.165, 1.54) is 18.5 Å². The number of carbonyl (C=O) groups is 1. The Bertz CT molecular complexity index is 1150. The highest BCUT2D eigenvalue weighted by molar-refractivity contribution is 5.98. The van der Waals surface area contributed by atoms with Crippen LogP contribution in [0.2, 0.25) is 0 Å². The maximum absolute atomic E-state index is 13.5. The van der Waals surface area contributed by atoms with Gasteiger partial charge in [0.1, 0.15) is 23.8 Å². The number of benzene rings is 1. The summed E-state index contributed by atoms with van der Waals surface area (Å²) in [5, 5.41) is 9.84. The maximum Gasteiger partial charge on any atom is 0.259 e. The first kappa shape index (κ1) is 24.7. The molecule has 0 bridgehead atoms. The van der Waals surface area contributed by atoms with E-state index in [1.807, 2.05) is 20.9 Å². The second-order valence-corrected chi connectivity index (χ2v) is 9.15. The van der Waals surface area contributed by atoms with Gasteiger partial charge in [-0.3, -0.25) is 9.69 Å². The largest absolute Gasteiger partial charge is 0.472 e. The molecular formula is C26H30FN5O3. The molecule has 1 N–H and O–H groups in total. The monoisotopic (exact) mass is 479 g/mol. The van der Waals surface area contributed by atoms with Gasteiger partial charge in [-0.1, -0.05) is 19.1 Å².